The third kappa shape index (κ3) is 9.71. The molecule has 5 rings (SSSR count). The molecule has 1 heterocycles. The predicted octanol–water partition coefficient (Wildman–Crippen LogP) is 7.97. The van der Waals surface area contributed by atoms with Gasteiger partial charge in [0.25, 0.3) is 5.91 Å². The second-order valence-electron chi connectivity index (χ2n) is 13.4. The van der Waals surface area contributed by atoms with E-state index in [4.69, 9.17) is 14.2 Å². The molecule has 1 amide bonds. The van der Waals surface area contributed by atoms with Crippen molar-refractivity contribution in [1.82, 2.24) is 10.2 Å². The highest BCUT2D eigenvalue weighted by atomic mass is 16.5. The fourth-order valence-electron chi connectivity index (χ4n) is 6.43. The van der Waals surface area contributed by atoms with Crippen LogP contribution in [0.3, 0.4) is 0 Å². The van der Waals surface area contributed by atoms with Gasteiger partial charge in [-0.2, -0.15) is 0 Å². The number of nitrogens with one attached hydrogen (secondary N) is 1. The van der Waals surface area contributed by atoms with Crippen molar-refractivity contribution in [2.24, 2.45) is 5.92 Å². The maximum atomic E-state index is 14.2. The minimum atomic E-state index is -0.331. The van der Waals surface area contributed by atoms with Crippen molar-refractivity contribution in [2.75, 3.05) is 13.1 Å². The summed E-state index contributed by atoms with van der Waals surface area (Å²) in [6.07, 6.45) is 6.47. The predicted molar refractivity (Wildman–Crippen MR) is 186 cm³/mol. The molecule has 1 aliphatic heterocycles. The van der Waals surface area contributed by atoms with Gasteiger partial charge in [0, 0.05) is 30.8 Å². The van der Waals surface area contributed by atoms with E-state index >= 15 is 0 Å². The van der Waals surface area contributed by atoms with Gasteiger partial charge in [0.2, 0.25) is 0 Å². The molecule has 1 N–H and O–H groups in total. The molecule has 47 heavy (non-hydrogen) atoms. The van der Waals surface area contributed by atoms with E-state index in [1.54, 1.807) is 0 Å². The molecule has 1 atom stereocenters. The van der Waals surface area contributed by atoms with E-state index in [9.17, 15) is 9.59 Å². The number of esters is 1. The Morgan fingerprint density at radius 1 is 0.830 bits per heavy atom. The van der Waals surface area contributed by atoms with Crippen LogP contribution >= 0.6 is 0 Å². The monoisotopic (exact) mass is 638 g/mol. The Bertz CT molecular complexity index is 1480. The maximum Gasteiger partial charge on any atom is 0.323 e. The SMILES string of the molecule is C=C(C)c1cc(C(=O)N2CCC(N[C@@H](CC(C)C)C(=O)OC3CCCC3)CC2)c(OCc2ccccc2)cc1OCc1ccccc1. The number of amides is 1. The van der Waals surface area contributed by atoms with Crippen LogP contribution in [0, 0.1) is 5.92 Å². The van der Waals surface area contributed by atoms with Gasteiger partial charge in [-0.15, -0.1) is 0 Å². The van der Waals surface area contributed by atoms with Crippen LogP contribution in [0.15, 0.2) is 79.4 Å². The molecule has 0 radical (unpaired) electrons. The lowest BCUT2D eigenvalue weighted by Gasteiger charge is -2.35. The molecule has 7 heteroatoms. The molecule has 2 aliphatic rings. The van der Waals surface area contributed by atoms with Crippen LogP contribution in [-0.4, -0.2) is 48.1 Å². The number of likely N-dealkylation sites (tertiary alicyclic amines) is 1. The number of hydrogen-bond acceptors (Lipinski definition) is 6. The Morgan fingerprint density at radius 3 is 1.91 bits per heavy atom. The lowest BCUT2D eigenvalue weighted by atomic mass is 9.98. The van der Waals surface area contributed by atoms with Gasteiger partial charge in [0.1, 0.15) is 36.9 Å². The summed E-state index contributed by atoms with van der Waals surface area (Å²) in [5.41, 5.74) is 4.14. The largest absolute Gasteiger partial charge is 0.488 e. The Hall–Kier alpha value is -4.10. The smallest absolute Gasteiger partial charge is 0.323 e. The number of hydrogen-bond donors (Lipinski definition) is 1. The summed E-state index contributed by atoms with van der Waals surface area (Å²) in [6, 6.07) is 23.4. The molecule has 3 aromatic carbocycles. The summed E-state index contributed by atoms with van der Waals surface area (Å²) in [5, 5.41) is 3.60. The van der Waals surface area contributed by atoms with Gasteiger partial charge in [0.15, 0.2) is 0 Å². The zero-order valence-corrected chi connectivity index (χ0v) is 28.2. The van der Waals surface area contributed by atoms with Crippen LogP contribution in [0.4, 0.5) is 0 Å². The Balaban J connectivity index is 1.30. The first-order chi connectivity index (χ1) is 22.8. The van der Waals surface area contributed by atoms with Crippen LogP contribution in [0.2, 0.25) is 0 Å². The minimum absolute atomic E-state index is 0.0518. The molecule has 0 aromatic heterocycles. The second kappa shape index (κ2) is 16.6. The minimum Gasteiger partial charge on any atom is -0.488 e. The molecule has 0 spiro atoms. The lowest BCUT2D eigenvalue weighted by Crippen LogP contribution is -2.51. The summed E-state index contributed by atoms with van der Waals surface area (Å²) >= 11 is 0. The average Bonchev–Trinajstić information content (AvgIpc) is 3.59. The average molecular weight is 639 g/mol. The number of nitrogens with zero attached hydrogens (tertiary/aromatic N) is 1. The highest BCUT2D eigenvalue weighted by Gasteiger charge is 2.32. The first-order valence-corrected chi connectivity index (χ1v) is 17.2. The normalized spacial score (nSPS) is 16.2. The van der Waals surface area contributed by atoms with Crippen molar-refractivity contribution in [3.63, 3.8) is 0 Å². The molecular formula is C40H50N2O5. The van der Waals surface area contributed by atoms with Gasteiger partial charge in [-0.3, -0.25) is 9.59 Å². The summed E-state index contributed by atoms with van der Waals surface area (Å²) in [4.78, 5) is 29.2. The van der Waals surface area contributed by atoms with E-state index in [1.165, 1.54) is 0 Å². The quantitative estimate of drug-likeness (QED) is 0.181. The molecule has 1 aliphatic carbocycles. The summed E-state index contributed by atoms with van der Waals surface area (Å²) < 4.78 is 18.5. The fraction of sp³-hybridized carbons (Fsp3) is 0.450. The van der Waals surface area contributed by atoms with Crippen molar-refractivity contribution in [3.05, 3.63) is 102 Å². The topological polar surface area (TPSA) is 77.1 Å². The van der Waals surface area contributed by atoms with E-state index in [2.05, 4.69) is 25.7 Å². The van der Waals surface area contributed by atoms with E-state index in [-0.39, 0.29) is 30.1 Å². The maximum absolute atomic E-state index is 14.2. The van der Waals surface area contributed by atoms with E-state index in [0.717, 1.165) is 67.2 Å². The van der Waals surface area contributed by atoms with Gasteiger partial charge in [-0.25, -0.2) is 0 Å². The van der Waals surface area contributed by atoms with Crippen LogP contribution in [0.25, 0.3) is 5.57 Å². The Kier molecular flexibility index (Phi) is 12.1. The number of benzene rings is 3. The van der Waals surface area contributed by atoms with Crippen LogP contribution in [-0.2, 0) is 22.7 Å². The van der Waals surface area contributed by atoms with Gasteiger partial charge < -0.3 is 24.4 Å². The van der Waals surface area contributed by atoms with Crippen molar-refractivity contribution >= 4 is 17.4 Å². The van der Waals surface area contributed by atoms with Crippen LogP contribution in [0.1, 0.15) is 92.8 Å². The fourth-order valence-corrected chi connectivity index (χ4v) is 6.43. The molecule has 7 nitrogen and oxygen atoms in total. The number of rotatable bonds is 14. The number of ether oxygens (including phenoxy) is 3. The third-order valence-corrected chi connectivity index (χ3v) is 9.04. The number of carbonyl (C=O) groups excluding carboxylic acids is 2. The van der Waals surface area contributed by atoms with Gasteiger partial charge >= 0.3 is 5.97 Å². The Morgan fingerprint density at radius 2 is 1.38 bits per heavy atom. The van der Waals surface area contributed by atoms with Crippen LogP contribution in [0.5, 0.6) is 11.5 Å². The number of allylic oxidation sites excluding steroid dienone is 1. The van der Waals surface area contributed by atoms with E-state index in [1.807, 2.05) is 84.6 Å². The van der Waals surface area contributed by atoms with Crippen LogP contribution < -0.4 is 14.8 Å². The highest BCUT2D eigenvalue weighted by molar-refractivity contribution is 5.98. The molecule has 3 aromatic rings. The molecule has 2 fully saturated rings. The molecular weight excluding hydrogens is 588 g/mol. The van der Waals surface area contributed by atoms with E-state index in [0.29, 0.717) is 49.3 Å². The molecule has 1 saturated carbocycles. The lowest BCUT2D eigenvalue weighted by molar-refractivity contribution is -0.152. The summed E-state index contributed by atoms with van der Waals surface area (Å²) in [6.45, 7) is 12.2. The zero-order valence-electron chi connectivity index (χ0n) is 28.2. The number of carbonyl (C=O) groups is 2. The molecule has 0 bridgehead atoms. The summed E-state index contributed by atoms with van der Waals surface area (Å²) in [7, 11) is 0. The van der Waals surface area contributed by atoms with Crippen molar-refractivity contribution < 1.29 is 23.8 Å². The first kappa shape index (κ1) is 34.2. The third-order valence-electron chi connectivity index (χ3n) is 9.04. The van der Waals surface area contributed by atoms with Crippen molar-refractivity contribution in [1.29, 1.82) is 0 Å². The second-order valence-corrected chi connectivity index (χ2v) is 13.4. The zero-order chi connectivity index (χ0) is 33.2. The Labute approximate surface area is 280 Å². The van der Waals surface area contributed by atoms with Crippen molar-refractivity contribution in [2.45, 2.75) is 97.1 Å². The molecule has 250 valence electrons. The standard InChI is InChI=1S/C40H50N2O5/c1-28(2)23-36(40(44)47-33-17-11-12-18-33)41-32-19-21-42(22-20-32)39(43)35-24-34(29(3)4)37(45-26-30-13-7-5-8-14-30)25-38(35)46-27-31-15-9-6-10-16-31/h5-10,13-16,24-25,28,32-33,36,41H,3,11-12,17-23,26-27H2,1-2,4H3/t36-/m0/s1. The van der Waals surface area contributed by atoms with Gasteiger partial charge in [0.05, 0.1) is 5.56 Å². The summed E-state index contributed by atoms with van der Waals surface area (Å²) in [5.74, 6) is 1.26. The molecule has 1 saturated heterocycles. The number of piperidine rings is 1. The highest BCUT2D eigenvalue weighted by Crippen LogP contribution is 2.35. The van der Waals surface area contributed by atoms with Gasteiger partial charge in [-0.05, 0) is 80.6 Å². The van der Waals surface area contributed by atoms with E-state index < -0.39 is 0 Å². The molecule has 0 unspecified atom stereocenters. The first-order valence-electron chi connectivity index (χ1n) is 17.2. The van der Waals surface area contributed by atoms with Crippen molar-refractivity contribution in [3.8, 4) is 11.5 Å². The van der Waals surface area contributed by atoms with Gasteiger partial charge in [-0.1, -0.05) is 81.1 Å².